The van der Waals surface area contributed by atoms with Crippen molar-refractivity contribution < 1.29 is 4.74 Å². The Morgan fingerprint density at radius 1 is 1.22 bits per heavy atom. The third kappa shape index (κ3) is 3.54. The van der Waals surface area contributed by atoms with Crippen LogP contribution in [0.4, 0.5) is 5.13 Å². The Bertz CT molecular complexity index is 536. The molecule has 1 atom stereocenters. The van der Waals surface area contributed by atoms with Gasteiger partial charge in [-0.2, -0.15) is 0 Å². The molecule has 0 bridgehead atoms. The highest BCUT2D eigenvalue weighted by atomic mass is 32.1. The number of hydrogen-bond donors (Lipinski definition) is 0. The third-order valence-electron chi connectivity index (χ3n) is 5.85. The molecule has 1 spiro atoms. The van der Waals surface area contributed by atoms with Crippen LogP contribution < -0.4 is 4.90 Å². The van der Waals surface area contributed by atoms with Gasteiger partial charge in [-0.25, -0.2) is 0 Å². The fourth-order valence-corrected chi connectivity index (χ4v) is 4.91. The molecule has 0 N–H and O–H groups in total. The second-order valence-electron chi connectivity index (χ2n) is 7.84. The number of hydrogen-bond acceptors (Lipinski definition) is 6. The number of aryl methyl sites for hydroxylation is 1. The smallest absolute Gasteiger partial charge is 0.208 e. The van der Waals surface area contributed by atoms with E-state index in [9.17, 15) is 0 Å². The van der Waals surface area contributed by atoms with E-state index in [4.69, 9.17) is 4.74 Å². The van der Waals surface area contributed by atoms with Gasteiger partial charge >= 0.3 is 0 Å². The zero-order valence-corrected chi connectivity index (χ0v) is 15.1. The van der Waals surface area contributed by atoms with Crippen molar-refractivity contribution in [1.82, 2.24) is 15.1 Å². The number of nitrogens with zero attached hydrogens (tertiary/aromatic N) is 4. The average Bonchev–Trinajstić information content (AvgIpc) is 3.18. The Balaban J connectivity index is 1.29. The molecule has 0 aromatic carbocycles. The van der Waals surface area contributed by atoms with Crippen LogP contribution in [0, 0.1) is 18.3 Å². The molecule has 5 nitrogen and oxygen atoms in total. The lowest BCUT2D eigenvalue weighted by atomic mass is 9.77. The average molecular weight is 337 g/mol. The Hall–Kier alpha value is -0.720. The molecule has 0 unspecified atom stereocenters. The van der Waals surface area contributed by atoms with E-state index in [2.05, 4.69) is 27.0 Å². The first kappa shape index (κ1) is 15.8. The van der Waals surface area contributed by atoms with E-state index in [1.807, 2.05) is 6.92 Å². The molecular weight excluding hydrogens is 308 g/mol. The minimum absolute atomic E-state index is 0.499. The summed E-state index contributed by atoms with van der Waals surface area (Å²) in [5, 5.41) is 10.6. The molecule has 1 saturated carbocycles. The van der Waals surface area contributed by atoms with Crippen LogP contribution in [-0.2, 0) is 4.74 Å². The molecule has 4 rings (SSSR count). The van der Waals surface area contributed by atoms with Gasteiger partial charge in [-0.05, 0) is 57.4 Å². The molecule has 1 aliphatic carbocycles. The van der Waals surface area contributed by atoms with E-state index in [1.165, 1.54) is 38.6 Å². The fourth-order valence-electron chi connectivity index (χ4n) is 4.17. The summed E-state index contributed by atoms with van der Waals surface area (Å²) in [6, 6.07) is 0.615. The topological polar surface area (TPSA) is 41.5 Å². The Morgan fingerprint density at radius 3 is 2.65 bits per heavy atom. The van der Waals surface area contributed by atoms with Crippen LogP contribution in [0.2, 0.25) is 0 Å². The lowest BCUT2D eigenvalue weighted by molar-refractivity contribution is 0.0786. The van der Waals surface area contributed by atoms with Gasteiger partial charge < -0.3 is 14.5 Å². The van der Waals surface area contributed by atoms with E-state index in [1.54, 1.807) is 11.3 Å². The third-order valence-corrected chi connectivity index (χ3v) is 6.75. The summed E-state index contributed by atoms with van der Waals surface area (Å²) in [4.78, 5) is 4.96. The van der Waals surface area contributed by atoms with Crippen molar-refractivity contribution in [1.29, 1.82) is 0 Å². The molecule has 3 aliphatic rings. The van der Waals surface area contributed by atoms with Crippen molar-refractivity contribution in [3.8, 4) is 0 Å². The van der Waals surface area contributed by atoms with Crippen molar-refractivity contribution in [2.45, 2.75) is 45.1 Å². The van der Waals surface area contributed by atoms with Crippen molar-refractivity contribution in [2.24, 2.45) is 11.3 Å². The molecule has 6 heteroatoms. The highest BCUT2D eigenvalue weighted by molar-refractivity contribution is 7.15. The van der Waals surface area contributed by atoms with Crippen LogP contribution in [-0.4, -0.2) is 61.0 Å². The molecule has 1 aromatic rings. The summed E-state index contributed by atoms with van der Waals surface area (Å²) in [5.74, 6) is 0.870. The van der Waals surface area contributed by atoms with Gasteiger partial charge in [-0.1, -0.05) is 11.3 Å². The normalized spacial score (nSPS) is 27.9. The van der Waals surface area contributed by atoms with E-state index in [0.29, 0.717) is 11.5 Å². The van der Waals surface area contributed by atoms with Gasteiger partial charge in [0, 0.05) is 32.3 Å². The van der Waals surface area contributed by atoms with Crippen LogP contribution in [0.1, 0.15) is 37.1 Å². The molecule has 3 fully saturated rings. The van der Waals surface area contributed by atoms with Crippen LogP contribution in [0.3, 0.4) is 0 Å². The minimum atomic E-state index is 0.499. The first-order chi connectivity index (χ1) is 11.1. The van der Waals surface area contributed by atoms with Crippen LogP contribution in [0.5, 0.6) is 0 Å². The van der Waals surface area contributed by atoms with Gasteiger partial charge in [-0.3, -0.25) is 0 Å². The second-order valence-corrected chi connectivity index (χ2v) is 9.00. The first-order valence-electron chi connectivity index (χ1n) is 8.97. The summed E-state index contributed by atoms with van der Waals surface area (Å²) in [6.07, 6.45) is 6.61. The van der Waals surface area contributed by atoms with E-state index >= 15 is 0 Å². The minimum Gasteiger partial charge on any atom is -0.380 e. The molecule has 0 amide bonds. The number of likely N-dealkylation sites (N-methyl/N-ethyl adjacent to an activating group) is 1. The SMILES string of the molecule is Cc1nnc(N2CCC3(CC2)C[C@H](COCC2CC2)N(C)C3)s1. The summed E-state index contributed by atoms with van der Waals surface area (Å²) < 4.78 is 5.97. The Labute approximate surface area is 143 Å². The number of anilines is 1. The van der Waals surface area contributed by atoms with Gasteiger partial charge in [0.1, 0.15) is 5.01 Å². The van der Waals surface area contributed by atoms with E-state index in [0.717, 1.165) is 42.4 Å². The predicted octanol–water partition coefficient (Wildman–Crippen LogP) is 2.56. The zero-order valence-electron chi connectivity index (χ0n) is 14.3. The quantitative estimate of drug-likeness (QED) is 0.827. The Morgan fingerprint density at radius 2 is 2.00 bits per heavy atom. The molecule has 0 radical (unpaired) electrons. The molecule has 3 heterocycles. The van der Waals surface area contributed by atoms with Gasteiger partial charge in [0.05, 0.1) is 6.61 Å². The van der Waals surface area contributed by atoms with Crippen molar-refractivity contribution in [2.75, 3.05) is 44.8 Å². The number of rotatable bonds is 5. The fraction of sp³-hybridized carbons (Fsp3) is 0.882. The van der Waals surface area contributed by atoms with Crippen molar-refractivity contribution in [3.63, 3.8) is 0 Å². The van der Waals surface area contributed by atoms with Gasteiger partial charge in [-0.15, -0.1) is 10.2 Å². The molecular formula is C17H28N4OS. The van der Waals surface area contributed by atoms with Crippen LogP contribution in [0.15, 0.2) is 0 Å². The summed E-state index contributed by atoms with van der Waals surface area (Å²) >= 11 is 1.72. The highest BCUT2D eigenvalue weighted by Crippen LogP contribution is 2.44. The van der Waals surface area contributed by atoms with Gasteiger partial charge in [0.15, 0.2) is 0 Å². The van der Waals surface area contributed by atoms with Gasteiger partial charge in [0.2, 0.25) is 5.13 Å². The molecule has 2 saturated heterocycles. The largest absolute Gasteiger partial charge is 0.380 e. The standard InChI is InChI=1S/C17H28N4OS/c1-13-18-19-16(23-13)21-7-5-17(6-8-21)9-15(20(2)12-17)11-22-10-14-3-4-14/h14-15H,3-12H2,1-2H3/t15-/m1/s1. The Kier molecular flexibility index (Phi) is 4.32. The second kappa shape index (κ2) is 6.30. The summed E-state index contributed by atoms with van der Waals surface area (Å²) in [6.45, 7) is 7.42. The maximum absolute atomic E-state index is 5.97. The lowest BCUT2D eigenvalue weighted by Gasteiger charge is -2.39. The zero-order chi connectivity index (χ0) is 15.9. The van der Waals surface area contributed by atoms with Gasteiger partial charge in [0.25, 0.3) is 0 Å². The van der Waals surface area contributed by atoms with Crippen molar-refractivity contribution in [3.05, 3.63) is 5.01 Å². The van der Waals surface area contributed by atoms with Crippen LogP contribution in [0.25, 0.3) is 0 Å². The summed E-state index contributed by atoms with van der Waals surface area (Å²) in [5.41, 5.74) is 0.499. The molecule has 23 heavy (non-hydrogen) atoms. The van der Waals surface area contributed by atoms with E-state index in [-0.39, 0.29) is 0 Å². The molecule has 128 valence electrons. The monoisotopic (exact) mass is 336 g/mol. The predicted molar refractivity (Wildman–Crippen MR) is 93.1 cm³/mol. The highest BCUT2D eigenvalue weighted by Gasteiger charge is 2.44. The summed E-state index contributed by atoms with van der Waals surface area (Å²) in [7, 11) is 2.28. The maximum Gasteiger partial charge on any atom is 0.208 e. The number of ether oxygens (including phenoxy) is 1. The molecule has 2 aliphatic heterocycles. The number of aromatic nitrogens is 2. The number of piperidine rings is 1. The maximum atomic E-state index is 5.97. The lowest BCUT2D eigenvalue weighted by Crippen LogP contribution is -2.41. The first-order valence-corrected chi connectivity index (χ1v) is 9.78. The number of likely N-dealkylation sites (tertiary alicyclic amines) is 1. The van der Waals surface area contributed by atoms with E-state index < -0.39 is 0 Å². The van der Waals surface area contributed by atoms with Crippen molar-refractivity contribution >= 4 is 16.5 Å². The van der Waals surface area contributed by atoms with Crippen LogP contribution >= 0.6 is 11.3 Å². The molecule has 1 aromatic heterocycles.